The van der Waals surface area contributed by atoms with Crippen LogP contribution in [0.3, 0.4) is 0 Å². The van der Waals surface area contributed by atoms with Gasteiger partial charge in [-0.2, -0.15) is 0 Å². The van der Waals surface area contributed by atoms with Gasteiger partial charge in [-0.05, 0) is 36.8 Å². The standard InChI is InChI=1S/C13H16O2S/c1-16-11-6-4-10(5-7-11)13(12(14)15)8-2-3-9-13/h4-7H,2-3,8-9H2,1H3,(H,14,15). The molecular formula is C13H16O2S. The molecule has 1 saturated carbocycles. The van der Waals surface area contributed by atoms with Gasteiger partial charge in [-0.1, -0.05) is 25.0 Å². The SMILES string of the molecule is CSc1ccc(C2(C(=O)O)CCCC2)cc1. The summed E-state index contributed by atoms with van der Waals surface area (Å²) < 4.78 is 0. The van der Waals surface area contributed by atoms with Crippen LogP contribution in [-0.2, 0) is 10.2 Å². The van der Waals surface area contributed by atoms with E-state index in [0.717, 1.165) is 31.2 Å². The average molecular weight is 236 g/mol. The molecule has 0 saturated heterocycles. The third-order valence-electron chi connectivity index (χ3n) is 3.51. The zero-order chi connectivity index (χ0) is 11.6. The molecule has 16 heavy (non-hydrogen) atoms. The van der Waals surface area contributed by atoms with E-state index in [1.807, 2.05) is 30.5 Å². The lowest BCUT2D eigenvalue weighted by Gasteiger charge is -2.24. The Labute approximate surface area is 100 Å². The van der Waals surface area contributed by atoms with E-state index in [0.29, 0.717) is 0 Å². The lowest BCUT2D eigenvalue weighted by atomic mass is 9.79. The van der Waals surface area contributed by atoms with Crippen molar-refractivity contribution < 1.29 is 9.90 Å². The van der Waals surface area contributed by atoms with Crippen LogP contribution in [0.4, 0.5) is 0 Å². The second-order valence-corrected chi connectivity index (χ2v) is 5.20. The van der Waals surface area contributed by atoms with Gasteiger partial charge in [0.05, 0.1) is 5.41 Å². The van der Waals surface area contributed by atoms with Crippen LogP contribution in [0.5, 0.6) is 0 Å². The van der Waals surface area contributed by atoms with E-state index in [1.54, 1.807) is 11.8 Å². The molecular weight excluding hydrogens is 220 g/mol. The van der Waals surface area contributed by atoms with Crippen molar-refractivity contribution in [1.82, 2.24) is 0 Å². The molecule has 0 bridgehead atoms. The fourth-order valence-corrected chi connectivity index (χ4v) is 2.92. The first-order valence-electron chi connectivity index (χ1n) is 5.57. The van der Waals surface area contributed by atoms with E-state index >= 15 is 0 Å². The van der Waals surface area contributed by atoms with Gasteiger partial charge in [-0.25, -0.2) is 0 Å². The van der Waals surface area contributed by atoms with Crippen molar-refractivity contribution in [3.8, 4) is 0 Å². The van der Waals surface area contributed by atoms with E-state index in [4.69, 9.17) is 0 Å². The highest BCUT2D eigenvalue weighted by molar-refractivity contribution is 7.98. The second-order valence-electron chi connectivity index (χ2n) is 4.32. The van der Waals surface area contributed by atoms with Crippen LogP contribution < -0.4 is 0 Å². The minimum atomic E-state index is -0.665. The van der Waals surface area contributed by atoms with Crippen LogP contribution in [0.15, 0.2) is 29.2 Å². The molecule has 1 fully saturated rings. The molecule has 86 valence electrons. The van der Waals surface area contributed by atoms with Gasteiger partial charge < -0.3 is 5.11 Å². The molecule has 0 atom stereocenters. The first kappa shape index (κ1) is 11.5. The number of benzene rings is 1. The lowest BCUT2D eigenvalue weighted by molar-refractivity contribution is -0.143. The minimum absolute atomic E-state index is 0.614. The summed E-state index contributed by atoms with van der Waals surface area (Å²) in [5.41, 5.74) is 0.354. The Kier molecular flexibility index (Phi) is 3.24. The summed E-state index contributed by atoms with van der Waals surface area (Å²) in [5.74, 6) is -0.665. The number of carboxylic acids is 1. The predicted octanol–water partition coefficient (Wildman–Crippen LogP) is 3.30. The van der Waals surface area contributed by atoms with Gasteiger partial charge in [0, 0.05) is 4.90 Å². The van der Waals surface area contributed by atoms with E-state index in [1.165, 1.54) is 4.90 Å². The van der Waals surface area contributed by atoms with Crippen LogP contribution >= 0.6 is 11.8 Å². The Morgan fingerprint density at radius 2 is 1.81 bits per heavy atom. The molecule has 0 aliphatic heterocycles. The van der Waals surface area contributed by atoms with Gasteiger partial charge in [0.15, 0.2) is 0 Å². The monoisotopic (exact) mass is 236 g/mol. The average Bonchev–Trinajstić information content (AvgIpc) is 2.79. The topological polar surface area (TPSA) is 37.3 Å². The summed E-state index contributed by atoms with van der Waals surface area (Å²) in [5, 5.41) is 9.44. The maximum absolute atomic E-state index is 11.5. The van der Waals surface area contributed by atoms with Crippen molar-refractivity contribution in [1.29, 1.82) is 0 Å². The first-order valence-corrected chi connectivity index (χ1v) is 6.79. The summed E-state index contributed by atoms with van der Waals surface area (Å²) in [6.45, 7) is 0. The zero-order valence-electron chi connectivity index (χ0n) is 9.40. The van der Waals surface area contributed by atoms with Gasteiger partial charge in [-0.3, -0.25) is 4.79 Å². The molecule has 0 spiro atoms. The van der Waals surface area contributed by atoms with Gasteiger partial charge in [0.25, 0.3) is 0 Å². The number of rotatable bonds is 3. The highest BCUT2D eigenvalue weighted by Gasteiger charge is 2.42. The first-order chi connectivity index (χ1) is 7.69. The van der Waals surface area contributed by atoms with Crippen molar-refractivity contribution in [3.63, 3.8) is 0 Å². The highest BCUT2D eigenvalue weighted by Crippen LogP contribution is 2.41. The number of hydrogen-bond donors (Lipinski definition) is 1. The third kappa shape index (κ3) is 1.84. The molecule has 1 aliphatic rings. The van der Waals surface area contributed by atoms with Crippen LogP contribution in [0, 0.1) is 0 Å². The van der Waals surface area contributed by atoms with Gasteiger partial charge in [0.1, 0.15) is 0 Å². The van der Waals surface area contributed by atoms with E-state index < -0.39 is 11.4 Å². The molecule has 2 nitrogen and oxygen atoms in total. The number of carbonyl (C=O) groups is 1. The Hall–Kier alpha value is -0.960. The van der Waals surface area contributed by atoms with E-state index in [-0.39, 0.29) is 0 Å². The van der Waals surface area contributed by atoms with Gasteiger partial charge >= 0.3 is 5.97 Å². The molecule has 0 amide bonds. The minimum Gasteiger partial charge on any atom is -0.481 e. The maximum Gasteiger partial charge on any atom is 0.314 e. The Balaban J connectivity index is 2.36. The normalized spacial score (nSPS) is 18.6. The number of thioether (sulfide) groups is 1. The van der Waals surface area contributed by atoms with Gasteiger partial charge in [-0.15, -0.1) is 11.8 Å². The van der Waals surface area contributed by atoms with E-state index in [9.17, 15) is 9.90 Å². The fourth-order valence-electron chi connectivity index (χ4n) is 2.51. The second kappa shape index (κ2) is 4.50. The Morgan fingerprint density at radius 3 is 2.25 bits per heavy atom. The molecule has 0 aromatic heterocycles. The molecule has 1 N–H and O–H groups in total. The molecule has 0 unspecified atom stereocenters. The summed E-state index contributed by atoms with van der Waals surface area (Å²) in [7, 11) is 0. The number of carboxylic acid groups (broad SMARTS) is 1. The molecule has 2 rings (SSSR count). The van der Waals surface area contributed by atoms with Gasteiger partial charge in [0.2, 0.25) is 0 Å². The number of aliphatic carboxylic acids is 1. The maximum atomic E-state index is 11.5. The largest absolute Gasteiger partial charge is 0.481 e. The molecule has 1 aromatic carbocycles. The predicted molar refractivity (Wildman–Crippen MR) is 66.0 cm³/mol. The Bertz CT molecular complexity index is 377. The molecule has 1 aliphatic carbocycles. The van der Waals surface area contributed by atoms with Crippen LogP contribution in [0.1, 0.15) is 31.2 Å². The van der Waals surface area contributed by atoms with Crippen molar-refractivity contribution in [2.75, 3.05) is 6.26 Å². The molecule has 3 heteroatoms. The van der Waals surface area contributed by atoms with Crippen molar-refractivity contribution in [2.24, 2.45) is 0 Å². The van der Waals surface area contributed by atoms with Crippen LogP contribution in [0.25, 0.3) is 0 Å². The zero-order valence-corrected chi connectivity index (χ0v) is 10.2. The highest BCUT2D eigenvalue weighted by atomic mass is 32.2. The van der Waals surface area contributed by atoms with Crippen molar-refractivity contribution >= 4 is 17.7 Å². The number of hydrogen-bond acceptors (Lipinski definition) is 2. The quantitative estimate of drug-likeness (QED) is 0.818. The molecule has 0 heterocycles. The van der Waals surface area contributed by atoms with Crippen LogP contribution in [0.2, 0.25) is 0 Å². The van der Waals surface area contributed by atoms with Crippen molar-refractivity contribution in [3.05, 3.63) is 29.8 Å². The summed E-state index contributed by atoms with van der Waals surface area (Å²) in [4.78, 5) is 12.7. The summed E-state index contributed by atoms with van der Waals surface area (Å²) in [6.07, 6.45) is 5.63. The smallest absolute Gasteiger partial charge is 0.314 e. The Morgan fingerprint density at radius 1 is 1.25 bits per heavy atom. The van der Waals surface area contributed by atoms with Crippen LogP contribution in [-0.4, -0.2) is 17.3 Å². The van der Waals surface area contributed by atoms with E-state index in [2.05, 4.69) is 0 Å². The lowest BCUT2D eigenvalue weighted by Crippen LogP contribution is -2.32. The fraction of sp³-hybridized carbons (Fsp3) is 0.462. The third-order valence-corrected chi connectivity index (χ3v) is 4.25. The summed E-state index contributed by atoms with van der Waals surface area (Å²) in [6, 6.07) is 7.99. The molecule has 1 aromatic rings. The van der Waals surface area contributed by atoms with Crippen molar-refractivity contribution in [2.45, 2.75) is 36.0 Å². The summed E-state index contributed by atoms with van der Waals surface area (Å²) >= 11 is 1.68. The molecule has 0 radical (unpaired) electrons.